The van der Waals surface area contributed by atoms with Crippen molar-refractivity contribution in [1.29, 1.82) is 0 Å². The third-order valence-corrected chi connectivity index (χ3v) is 3.06. The summed E-state index contributed by atoms with van der Waals surface area (Å²) in [4.78, 5) is 0. The molecule has 0 spiro atoms. The minimum Gasteiger partial charge on any atom is -0.263 e. The quantitative estimate of drug-likeness (QED) is 0.383. The van der Waals surface area contributed by atoms with Crippen molar-refractivity contribution in [2.24, 2.45) is 0 Å². The number of rotatable bonds is 8. The standard InChI is InChI=1S/C9H17F3O3S/c1-2-3-4-5-6-7-8-15-16(13,14)9(10,11)12/h2-8H2,1H3. The van der Waals surface area contributed by atoms with E-state index in [0.29, 0.717) is 12.8 Å². The molecule has 7 heteroatoms. The second kappa shape index (κ2) is 7.11. The first-order valence-electron chi connectivity index (χ1n) is 5.27. The Morgan fingerprint density at radius 1 is 1.00 bits per heavy atom. The van der Waals surface area contributed by atoms with E-state index in [1.165, 1.54) is 0 Å². The molecule has 0 aromatic rings. The van der Waals surface area contributed by atoms with E-state index in [1.807, 2.05) is 0 Å². The molecule has 0 aliphatic heterocycles. The molecule has 0 amide bonds. The van der Waals surface area contributed by atoms with Gasteiger partial charge in [-0.3, -0.25) is 4.18 Å². The van der Waals surface area contributed by atoms with Gasteiger partial charge in [0.2, 0.25) is 0 Å². The van der Waals surface area contributed by atoms with Gasteiger partial charge < -0.3 is 0 Å². The van der Waals surface area contributed by atoms with Crippen molar-refractivity contribution < 1.29 is 25.8 Å². The lowest BCUT2D eigenvalue weighted by Crippen LogP contribution is -2.25. The minimum atomic E-state index is -5.40. The van der Waals surface area contributed by atoms with Crippen molar-refractivity contribution >= 4 is 10.1 Å². The summed E-state index contributed by atoms with van der Waals surface area (Å²) in [6.45, 7) is 1.66. The SMILES string of the molecule is CCCCCCCCOS(=O)(=O)C(F)(F)F. The van der Waals surface area contributed by atoms with Gasteiger partial charge in [-0.15, -0.1) is 0 Å². The highest BCUT2D eigenvalue weighted by molar-refractivity contribution is 7.87. The summed E-state index contributed by atoms with van der Waals surface area (Å²) < 4.78 is 60.1. The summed E-state index contributed by atoms with van der Waals surface area (Å²) >= 11 is 0. The molecule has 0 unspecified atom stereocenters. The van der Waals surface area contributed by atoms with Crippen LogP contribution in [0.15, 0.2) is 0 Å². The van der Waals surface area contributed by atoms with Gasteiger partial charge in [0.05, 0.1) is 6.61 Å². The fraction of sp³-hybridized carbons (Fsp3) is 1.00. The third kappa shape index (κ3) is 6.32. The Bertz CT molecular complexity index is 272. The van der Waals surface area contributed by atoms with Crippen LogP contribution in [0.25, 0.3) is 0 Å². The zero-order valence-corrected chi connectivity index (χ0v) is 10.0. The van der Waals surface area contributed by atoms with Crippen molar-refractivity contribution in [3.05, 3.63) is 0 Å². The Morgan fingerprint density at radius 3 is 2.00 bits per heavy atom. The van der Waals surface area contributed by atoms with Crippen LogP contribution >= 0.6 is 0 Å². The number of unbranched alkanes of at least 4 members (excludes halogenated alkanes) is 5. The van der Waals surface area contributed by atoms with E-state index in [0.717, 1.165) is 25.7 Å². The molecule has 0 saturated heterocycles. The molecule has 0 aromatic carbocycles. The number of alkyl halides is 3. The predicted molar refractivity (Wildman–Crippen MR) is 54.3 cm³/mol. The van der Waals surface area contributed by atoms with Crippen LogP contribution in [0.1, 0.15) is 45.4 Å². The van der Waals surface area contributed by atoms with E-state index in [9.17, 15) is 21.6 Å². The Kier molecular flexibility index (Phi) is 6.98. The maximum absolute atomic E-state index is 11.8. The monoisotopic (exact) mass is 262 g/mol. The van der Waals surface area contributed by atoms with Crippen molar-refractivity contribution in [1.82, 2.24) is 0 Å². The summed E-state index contributed by atoms with van der Waals surface area (Å²) in [6, 6.07) is 0. The van der Waals surface area contributed by atoms with Gasteiger partial charge in [0.25, 0.3) is 0 Å². The van der Waals surface area contributed by atoms with Crippen LogP contribution in [0.4, 0.5) is 13.2 Å². The van der Waals surface area contributed by atoms with Gasteiger partial charge in [-0.05, 0) is 6.42 Å². The maximum atomic E-state index is 11.8. The Morgan fingerprint density at radius 2 is 1.50 bits per heavy atom. The average molecular weight is 262 g/mol. The highest BCUT2D eigenvalue weighted by Gasteiger charge is 2.47. The van der Waals surface area contributed by atoms with Crippen molar-refractivity contribution in [2.75, 3.05) is 6.61 Å². The first-order chi connectivity index (χ1) is 7.31. The molecule has 0 aliphatic rings. The molecule has 0 fully saturated rings. The molecule has 0 heterocycles. The predicted octanol–water partition coefficient (Wildman–Crippen LogP) is 3.21. The van der Waals surface area contributed by atoms with Gasteiger partial charge in [-0.25, -0.2) is 0 Å². The smallest absolute Gasteiger partial charge is 0.263 e. The fourth-order valence-electron chi connectivity index (χ4n) is 1.12. The minimum absolute atomic E-state index is 0.332. The molecular weight excluding hydrogens is 245 g/mol. The molecule has 16 heavy (non-hydrogen) atoms. The van der Waals surface area contributed by atoms with E-state index in [-0.39, 0.29) is 0 Å². The largest absolute Gasteiger partial charge is 0.523 e. The lowest BCUT2D eigenvalue weighted by Gasteiger charge is -2.07. The molecule has 98 valence electrons. The average Bonchev–Trinajstić information content (AvgIpc) is 2.14. The topological polar surface area (TPSA) is 43.4 Å². The summed E-state index contributed by atoms with van der Waals surface area (Å²) in [5, 5.41) is 0. The van der Waals surface area contributed by atoms with Crippen LogP contribution in [0.3, 0.4) is 0 Å². The van der Waals surface area contributed by atoms with Crippen LogP contribution in [0.5, 0.6) is 0 Å². The summed E-state index contributed by atoms with van der Waals surface area (Å²) in [5.41, 5.74) is -5.31. The van der Waals surface area contributed by atoms with E-state index >= 15 is 0 Å². The molecule has 0 aromatic heterocycles. The van der Waals surface area contributed by atoms with Gasteiger partial charge >= 0.3 is 15.6 Å². The highest BCUT2D eigenvalue weighted by Crippen LogP contribution is 2.24. The van der Waals surface area contributed by atoms with Crippen molar-refractivity contribution in [2.45, 2.75) is 51.0 Å². The normalized spacial score (nSPS) is 13.0. The second-order valence-corrected chi connectivity index (χ2v) is 5.10. The molecular formula is C9H17F3O3S. The van der Waals surface area contributed by atoms with E-state index in [2.05, 4.69) is 11.1 Å². The maximum Gasteiger partial charge on any atom is 0.523 e. The summed E-state index contributed by atoms with van der Waals surface area (Å²) in [5.74, 6) is 0. The van der Waals surface area contributed by atoms with Gasteiger partial charge in [-0.1, -0.05) is 39.0 Å². The first-order valence-corrected chi connectivity index (χ1v) is 6.68. The van der Waals surface area contributed by atoms with Crippen LogP contribution in [0.2, 0.25) is 0 Å². The molecule has 0 rings (SSSR count). The Hall–Kier alpha value is -0.300. The number of hydrogen-bond acceptors (Lipinski definition) is 3. The number of hydrogen-bond donors (Lipinski definition) is 0. The molecule has 0 radical (unpaired) electrons. The molecule has 3 nitrogen and oxygen atoms in total. The van der Waals surface area contributed by atoms with E-state index in [1.54, 1.807) is 0 Å². The fourth-order valence-corrected chi connectivity index (χ4v) is 1.59. The molecule has 0 N–H and O–H groups in total. The van der Waals surface area contributed by atoms with Gasteiger partial charge in [0, 0.05) is 0 Å². The first kappa shape index (κ1) is 15.7. The van der Waals surface area contributed by atoms with E-state index < -0.39 is 22.2 Å². The molecule has 0 atom stereocenters. The van der Waals surface area contributed by atoms with Gasteiger partial charge in [-0.2, -0.15) is 21.6 Å². The second-order valence-electron chi connectivity index (χ2n) is 3.49. The summed E-state index contributed by atoms with van der Waals surface area (Å²) in [6.07, 6.45) is 5.10. The summed E-state index contributed by atoms with van der Waals surface area (Å²) in [7, 11) is -5.40. The molecule has 0 aliphatic carbocycles. The zero-order valence-electron chi connectivity index (χ0n) is 9.22. The Balaban J connectivity index is 3.60. The lowest BCUT2D eigenvalue weighted by atomic mass is 10.1. The highest BCUT2D eigenvalue weighted by atomic mass is 32.2. The van der Waals surface area contributed by atoms with E-state index in [4.69, 9.17) is 0 Å². The molecule has 0 bridgehead atoms. The molecule has 0 saturated carbocycles. The lowest BCUT2D eigenvalue weighted by molar-refractivity contribution is -0.0542. The van der Waals surface area contributed by atoms with Gasteiger partial charge in [0.1, 0.15) is 0 Å². The van der Waals surface area contributed by atoms with Crippen molar-refractivity contribution in [3.63, 3.8) is 0 Å². The van der Waals surface area contributed by atoms with Crippen LogP contribution in [-0.4, -0.2) is 20.5 Å². The van der Waals surface area contributed by atoms with Crippen molar-refractivity contribution in [3.8, 4) is 0 Å². The zero-order chi connectivity index (χ0) is 12.7. The van der Waals surface area contributed by atoms with Gasteiger partial charge in [0.15, 0.2) is 0 Å². The Labute approximate surface area is 94.1 Å². The van der Waals surface area contributed by atoms with Crippen LogP contribution in [0, 0.1) is 0 Å². The van der Waals surface area contributed by atoms with Crippen LogP contribution in [-0.2, 0) is 14.3 Å². The number of halogens is 3. The third-order valence-electron chi connectivity index (χ3n) is 2.02. The van der Waals surface area contributed by atoms with Crippen LogP contribution < -0.4 is 0 Å².